The zero-order chi connectivity index (χ0) is 32.3. The Bertz CT molecular complexity index is 2830. The monoisotopic (exact) mass is 627 g/mol. The summed E-state index contributed by atoms with van der Waals surface area (Å²) in [4.78, 5) is 2.38. The Morgan fingerprint density at radius 2 is 0.837 bits per heavy atom. The first-order chi connectivity index (χ1) is 24.3. The normalized spacial score (nSPS) is 11.7. The first kappa shape index (κ1) is 27.5. The van der Waals surface area contributed by atoms with E-state index in [0.717, 1.165) is 77.5 Å². The number of hydrogen-bond acceptors (Lipinski definition) is 3. The van der Waals surface area contributed by atoms with Crippen LogP contribution in [0.25, 0.3) is 76.9 Å². The van der Waals surface area contributed by atoms with Gasteiger partial charge in [0, 0.05) is 27.1 Å². The summed E-state index contributed by atoms with van der Waals surface area (Å²) in [6, 6.07) is 61.8. The van der Waals surface area contributed by atoms with Crippen molar-refractivity contribution in [3.8, 4) is 22.3 Å². The molecule has 3 heteroatoms. The van der Waals surface area contributed by atoms with Gasteiger partial charge in [0.15, 0.2) is 5.58 Å². The van der Waals surface area contributed by atoms with Crippen molar-refractivity contribution < 1.29 is 8.83 Å². The molecular formula is C46H29NO2. The molecule has 0 fully saturated rings. The van der Waals surface area contributed by atoms with Crippen molar-refractivity contribution >= 4 is 71.7 Å². The average Bonchev–Trinajstić information content (AvgIpc) is 3.75. The minimum atomic E-state index is 0.841. The molecule has 0 bridgehead atoms. The van der Waals surface area contributed by atoms with Crippen LogP contribution in [-0.4, -0.2) is 0 Å². The second-order valence-electron chi connectivity index (χ2n) is 12.4. The van der Waals surface area contributed by atoms with Gasteiger partial charge in [0.25, 0.3) is 0 Å². The largest absolute Gasteiger partial charge is 0.455 e. The van der Waals surface area contributed by atoms with E-state index in [2.05, 4.69) is 157 Å². The smallest absolute Gasteiger partial charge is 0.159 e. The molecule has 0 aliphatic rings. The Kier molecular flexibility index (Phi) is 6.18. The van der Waals surface area contributed by atoms with Gasteiger partial charge in [-0.15, -0.1) is 0 Å². The molecule has 10 rings (SSSR count). The summed E-state index contributed by atoms with van der Waals surface area (Å²) < 4.78 is 13.5. The maximum absolute atomic E-state index is 6.75. The molecule has 0 aliphatic carbocycles. The maximum atomic E-state index is 6.75. The molecule has 49 heavy (non-hydrogen) atoms. The van der Waals surface area contributed by atoms with E-state index in [1.165, 1.54) is 16.5 Å². The van der Waals surface area contributed by atoms with Crippen LogP contribution in [0.15, 0.2) is 185 Å². The molecule has 0 saturated heterocycles. The molecule has 2 heterocycles. The van der Waals surface area contributed by atoms with Crippen molar-refractivity contribution in [2.75, 3.05) is 4.90 Å². The van der Waals surface area contributed by atoms with Gasteiger partial charge in [-0.1, -0.05) is 140 Å². The molecule has 230 valence electrons. The summed E-state index contributed by atoms with van der Waals surface area (Å²) in [6.45, 7) is 0. The van der Waals surface area contributed by atoms with Crippen molar-refractivity contribution in [2.24, 2.45) is 0 Å². The molecule has 3 nitrogen and oxygen atoms in total. The van der Waals surface area contributed by atoms with Gasteiger partial charge >= 0.3 is 0 Å². The molecule has 10 aromatic rings. The summed E-state index contributed by atoms with van der Waals surface area (Å²) in [6.07, 6.45) is 0. The Morgan fingerprint density at radius 3 is 1.59 bits per heavy atom. The van der Waals surface area contributed by atoms with Crippen LogP contribution in [0.2, 0.25) is 0 Å². The fourth-order valence-corrected chi connectivity index (χ4v) is 7.49. The molecule has 8 aromatic carbocycles. The number of anilines is 3. The van der Waals surface area contributed by atoms with Crippen LogP contribution in [0, 0.1) is 0 Å². The summed E-state index contributed by atoms with van der Waals surface area (Å²) in [5, 5.41) is 6.63. The zero-order valence-electron chi connectivity index (χ0n) is 26.5. The SMILES string of the molecule is c1ccc(-c2ccc(N(c3cccc4c3oc3ccccc34)c3ccc(-c4ccccc4)c4oc5ccccc5c34)c3ccccc23)cc1. The van der Waals surface area contributed by atoms with Crippen molar-refractivity contribution in [3.63, 3.8) is 0 Å². The van der Waals surface area contributed by atoms with Crippen molar-refractivity contribution in [1.82, 2.24) is 0 Å². The van der Waals surface area contributed by atoms with E-state index in [0.29, 0.717) is 0 Å². The number of rotatable bonds is 5. The average molecular weight is 628 g/mol. The van der Waals surface area contributed by atoms with Gasteiger partial charge in [0.1, 0.15) is 16.7 Å². The molecule has 0 radical (unpaired) electrons. The second kappa shape index (κ2) is 11.0. The summed E-state index contributed by atoms with van der Waals surface area (Å²) in [5.74, 6) is 0. The third kappa shape index (κ3) is 4.29. The second-order valence-corrected chi connectivity index (χ2v) is 12.4. The topological polar surface area (TPSA) is 29.5 Å². The van der Waals surface area contributed by atoms with Gasteiger partial charge in [-0.2, -0.15) is 0 Å². The van der Waals surface area contributed by atoms with Gasteiger partial charge in [-0.3, -0.25) is 0 Å². The summed E-state index contributed by atoms with van der Waals surface area (Å²) in [5.41, 5.74) is 11.0. The highest BCUT2D eigenvalue weighted by Gasteiger charge is 2.26. The molecule has 0 atom stereocenters. The van der Waals surface area contributed by atoms with Crippen LogP contribution in [0.3, 0.4) is 0 Å². The maximum Gasteiger partial charge on any atom is 0.159 e. The third-order valence-corrected chi connectivity index (χ3v) is 9.68. The van der Waals surface area contributed by atoms with E-state index in [4.69, 9.17) is 8.83 Å². The molecule has 0 unspecified atom stereocenters. The number of para-hydroxylation sites is 3. The Balaban J connectivity index is 1.34. The summed E-state index contributed by atoms with van der Waals surface area (Å²) in [7, 11) is 0. The fourth-order valence-electron chi connectivity index (χ4n) is 7.49. The zero-order valence-corrected chi connectivity index (χ0v) is 26.5. The lowest BCUT2D eigenvalue weighted by Crippen LogP contribution is -2.11. The fraction of sp³-hybridized carbons (Fsp3) is 0. The van der Waals surface area contributed by atoms with Crippen LogP contribution in [0.1, 0.15) is 0 Å². The first-order valence-electron chi connectivity index (χ1n) is 16.6. The van der Waals surface area contributed by atoms with E-state index in [1.807, 2.05) is 24.3 Å². The third-order valence-electron chi connectivity index (χ3n) is 9.68. The molecular weight excluding hydrogens is 599 g/mol. The molecule has 0 N–H and O–H groups in total. The van der Waals surface area contributed by atoms with Crippen molar-refractivity contribution in [2.45, 2.75) is 0 Å². The quantitative estimate of drug-likeness (QED) is 0.190. The number of furan rings is 2. The number of benzene rings is 8. The minimum Gasteiger partial charge on any atom is -0.455 e. The van der Waals surface area contributed by atoms with Gasteiger partial charge in [0.05, 0.1) is 22.4 Å². The number of fused-ring (bicyclic) bond motifs is 7. The molecule has 0 saturated carbocycles. The minimum absolute atomic E-state index is 0.841. The highest BCUT2D eigenvalue weighted by molar-refractivity contribution is 6.20. The highest BCUT2D eigenvalue weighted by Crippen LogP contribution is 2.50. The molecule has 0 aliphatic heterocycles. The first-order valence-corrected chi connectivity index (χ1v) is 16.6. The van der Waals surface area contributed by atoms with Crippen LogP contribution in [0.4, 0.5) is 17.1 Å². The predicted molar refractivity (Wildman–Crippen MR) is 204 cm³/mol. The van der Waals surface area contributed by atoms with Gasteiger partial charge in [-0.25, -0.2) is 0 Å². The number of nitrogens with zero attached hydrogens (tertiary/aromatic N) is 1. The molecule has 0 spiro atoms. The molecule has 0 amide bonds. The Morgan fingerprint density at radius 1 is 0.306 bits per heavy atom. The lowest BCUT2D eigenvalue weighted by atomic mass is 9.95. The lowest BCUT2D eigenvalue weighted by Gasteiger charge is -2.28. The van der Waals surface area contributed by atoms with E-state index >= 15 is 0 Å². The van der Waals surface area contributed by atoms with Crippen LogP contribution in [-0.2, 0) is 0 Å². The van der Waals surface area contributed by atoms with E-state index in [9.17, 15) is 0 Å². The Hall–Kier alpha value is -6.58. The predicted octanol–water partition coefficient (Wildman–Crippen LogP) is 13.4. The van der Waals surface area contributed by atoms with Crippen LogP contribution >= 0.6 is 0 Å². The highest BCUT2D eigenvalue weighted by atomic mass is 16.3. The standard InChI is InChI=1S/C46H29NO2/c1-3-14-30(15-4-1)32-26-28-39(35-19-8-7-18-34(32)35)47(41-23-13-22-37-36-20-9-11-24-42(36)48-45(37)41)40-29-27-33(31-16-5-2-6-17-31)46-44(40)38-21-10-12-25-43(38)49-46/h1-29H. The van der Waals surface area contributed by atoms with E-state index in [-0.39, 0.29) is 0 Å². The number of hydrogen-bond donors (Lipinski definition) is 0. The lowest BCUT2D eigenvalue weighted by molar-refractivity contribution is 0.668. The van der Waals surface area contributed by atoms with Crippen molar-refractivity contribution in [1.29, 1.82) is 0 Å². The van der Waals surface area contributed by atoms with Crippen LogP contribution in [0.5, 0.6) is 0 Å². The van der Waals surface area contributed by atoms with E-state index in [1.54, 1.807) is 0 Å². The van der Waals surface area contributed by atoms with Gasteiger partial charge in [-0.05, 0) is 58.5 Å². The summed E-state index contributed by atoms with van der Waals surface area (Å²) >= 11 is 0. The Labute approximate surface area is 282 Å². The van der Waals surface area contributed by atoms with Gasteiger partial charge < -0.3 is 13.7 Å². The van der Waals surface area contributed by atoms with Crippen molar-refractivity contribution in [3.05, 3.63) is 176 Å². The van der Waals surface area contributed by atoms with E-state index < -0.39 is 0 Å². The molecule has 2 aromatic heterocycles. The van der Waals surface area contributed by atoms with Crippen LogP contribution < -0.4 is 4.90 Å². The van der Waals surface area contributed by atoms with Gasteiger partial charge in [0.2, 0.25) is 0 Å².